The second kappa shape index (κ2) is 11.0. The maximum atomic E-state index is 14.2. The SMILES string of the molecule is COc1ccc(C(c2ccccc2)(c2ccc(OC)cc2)c2ccc3c(c2)C(=O)OC32c3ccc(O)cc3Oc3cc(O)ccc32)cc1. The number of carbonyl (C=O) groups excluding carboxylic acids is 1. The highest BCUT2D eigenvalue weighted by atomic mass is 16.6. The van der Waals surface area contributed by atoms with Gasteiger partial charge in [-0.15, -0.1) is 0 Å². The van der Waals surface area contributed by atoms with E-state index in [-0.39, 0.29) is 11.5 Å². The lowest BCUT2D eigenvalue weighted by Gasteiger charge is -2.38. The number of phenolic OH excluding ortho intramolecular Hbond substituents is 2. The number of aromatic hydroxyl groups is 2. The molecule has 0 aliphatic carbocycles. The maximum Gasteiger partial charge on any atom is 0.340 e. The Hall–Kier alpha value is -6.21. The zero-order valence-electron chi connectivity index (χ0n) is 26.1. The molecule has 48 heavy (non-hydrogen) atoms. The lowest BCUT2D eigenvalue weighted by Crippen LogP contribution is -2.33. The quantitative estimate of drug-likeness (QED) is 0.141. The van der Waals surface area contributed by atoms with E-state index in [2.05, 4.69) is 12.1 Å². The molecule has 7 nitrogen and oxygen atoms in total. The van der Waals surface area contributed by atoms with E-state index in [1.54, 1.807) is 38.5 Å². The number of rotatable bonds is 6. The van der Waals surface area contributed by atoms with E-state index in [9.17, 15) is 15.0 Å². The molecule has 0 saturated carbocycles. The van der Waals surface area contributed by atoms with E-state index < -0.39 is 17.0 Å². The number of benzene rings is 6. The molecule has 6 aromatic carbocycles. The van der Waals surface area contributed by atoms with Crippen LogP contribution in [0.2, 0.25) is 0 Å². The molecular formula is C41H30O7. The fraction of sp³-hybridized carbons (Fsp3) is 0.0976. The van der Waals surface area contributed by atoms with Crippen molar-refractivity contribution in [1.82, 2.24) is 0 Å². The minimum atomic E-state index is -1.37. The molecule has 0 radical (unpaired) electrons. The van der Waals surface area contributed by atoms with Gasteiger partial charge in [-0.2, -0.15) is 0 Å². The van der Waals surface area contributed by atoms with Crippen molar-refractivity contribution in [3.8, 4) is 34.5 Å². The van der Waals surface area contributed by atoms with Crippen molar-refractivity contribution in [2.75, 3.05) is 14.2 Å². The Morgan fingerprint density at radius 3 is 1.56 bits per heavy atom. The summed E-state index contributed by atoms with van der Waals surface area (Å²) in [6, 6.07) is 41.5. The van der Waals surface area contributed by atoms with Crippen LogP contribution in [0.3, 0.4) is 0 Å². The lowest BCUT2D eigenvalue weighted by atomic mass is 9.64. The van der Waals surface area contributed by atoms with E-state index in [0.29, 0.717) is 33.8 Å². The molecule has 2 heterocycles. The second-order valence-electron chi connectivity index (χ2n) is 11.9. The van der Waals surface area contributed by atoms with Gasteiger partial charge >= 0.3 is 5.97 Å². The standard InChI is InChI=1S/C41H30O7/c1-45-31-15-8-26(9-16-31)40(25-6-4-3-5-7-25,27-10-17-32(46-2)18-11-27)28-12-19-34-33(22-28)39(44)48-41(34)35-20-13-29(42)23-37(35)47-38-24-30(43)14-21-36(38)41/h3-24,42-43H,1-2H3. The van der Waals surface area contributed by atoms with Crippen LogP contribution in [0.25, 0.3) is 0 Å². The summed E-state index contributed by atoms with van der Waals surface area (Å²) < 4.78 is 23.6. The molecule has 7 heteroatoms. The third-order valence-electron chi connectivity index (χ3n) is 9.46. The molecule has 2 aliphatic heterocycles. The number of carbonyl (C=O) groups is 1. The van der Waals surface area contributed by atoms with Gasteiger partial charge in [0.15, 0.2) is 5.60 Å². The minimum absolute atomic E-state index is 0.000902. The average Bonchev–Trinajstić information content (AvgIpc) is 3.41. The van der Waals surface area contributed by atoms with Crippen LogP contribution in [0.5, 0.6) is 34.5 Å². The molecule has 0 saturated heterocycles. The fourth-order valence-electron chi connectivity index (χ4n) is 7.31. The van der Waals surface area contributed by atoms with Gasteiger partial charge in [0.05, 0.1) is 25.2 Å². The highest BCUT2D eigenvalue weighted by Crippen LogP contribution is 2.58. The molecule has 0 fully saturated rings. The van der Waals surface area contributed by atoms with Crippen molar-refractivity contribution in [1.29, 1.82) is 0 Å². The molecule has 0 bridgehead atoms. The predicted molar refractivity (Wildman–Crippen MR) is 179 cm³/mol. The number of methoxy groups -OCH3 is 2. The summed E-state index contributed by atoms with van der Waals surface area (Å²) in [5, 5.41) is 20.7. The molecule has 2 N–H and O–H groups in total. The van der Waals surface area contributed by atoms with Crippen molar-refractivity contribution in [3.63, 3.8) is 0 Å². The molecule has 0 aromatic heterocycles. The molecule has 0 unspecified atom stereocenters. The monoisotopic (exact) mass is 634 g/mol. The number of fused-ring (bicyclic) bond motifs is 6. The lowest BCUT2D eigenvalue weighted by molar-refractivity contribution is 0.0224. The predicted octanol–water partition coefficient (Wildman–Crippen LogP) is 8.07. The van der Waals surface area contributed by atoms with Gasteiger partial charge < -0.3 is 29.2 Å². The Kier molecular flexibility index (Phi) is 6.66. The van der Waals surface area contributed by atoms with Crippen LogP contribution in [-0.4, -0.2) is 30.4 Å². The Bertz CT molecular complexity index is 2090. The number of hydrogen-bond acceptors (Lipinski definition) is 7. The Labute approximate surface area is 277 Å². The van der Waals surface area contributed by atoms with Crippen LogP contribution in [-0.2, 0) is 15.8 Å². The summed E-state index contributed by atoms with van der Waals surface area (Å²) in [6.45, 7) is 0. The Morgan fingerprint density at radius 1 is 0.562 bits per heavy atom. The van der Waals surface area contributed by atoms with Gasteiger partial charge in [-0.25, -0.2) is 4.79 Å². The summed E-state index contributed by atoms with van der Waals surface area (Å²) in [7, 11) is 3.28. The van der Waals surface area contributed by atoms with Crippen molar-refractivity contribution >= 4 is 5.97 Å². The van der Waals surface area contributed by atoms with Crippen molar-refractivity contribution in [2.45, 2.75) is 11.0 Å². The molecule has 6 aromatic rings. The van der Waals surface area contributed by atoms with Crippen LogP contribution in [0.15, 0.2) is 133 Å². The van der Waals surface area contributed by atoms with E-state index in [1.165, 1.54) is 12.1 Å². The van der Waals surface area contributed by atoms with E-state index in [0.717, 1.165) is 33.8 Å². The minimum Gasteiger partial charge on any atom is -0.508 e. The number of hydrogen-bond donors (Lipinski definition) is 2. The fourth-order valence-corrected chi connectivity index (χ4v) is 7.31. The largest absolute Gasteiger partial charge is 0.508 e. The van der Waals surface area contributed by atoms with Gasteiger partial charge in [0.2, 0.25) is 0 Å². The van der Waals surface area contributed by atoms with Crippen LogP contribution < -0.4 is 14.2 Å². The first-order valence-corrected chi connectivity index (χ1v) is 15.5. The summed E-state index contributed by atoms with van der Waals surface area (Å²) in [6.07, 6.45) is 0. The maximum absolute atomic E-state index is 14.2. The number of ether oxygens (including phenoxy) is 4. The van der Waals surface area contributed by atoms with Crippen LogP contribution in [0, 0.1) is 0 Å². The third-order valence-corrected chi connectivity index (χ3v) is 9.46. The third kappa shape index (κ3) is 4.17. The van der Waals surface area contributed by atoms with Crippen LogP contribution >= 0.6 is 0 Å². The summed E-state index contributed by atoms with van der Waals surface area (Å²) in [4.78, 5) is 14.2. The summed E-state index contributed by atoms with van der Waals surface area (Å²) in [5.41, 5.74) is 3.70. The first-order valence-electron chi connectivity index (χ1n) is 15.5. The van der Waals surface area contributed by atoms with Gasteiger partial charge in [0.25, 0.3) is 0 Å². The van der Waals surface area contributed by atoms with Gasteiger partial charge in [-0.3, -0.25) is 0 Å². The molecule has 0 atom stereocenters. The molecule has 236 valence electrons. The van der Waals surface area contributed by atoms with Gasteiger partial charge in [-0.05, 0) is 76.9 Å². The first-order chi connectivity index (χ1) is 23.4. The molecular weight excluding hydrogens is 604 g/mol. The zero-order valence-corrected chi connectivity index (χ0v) is 26.1. The summed E-state index contributed by atoms with van der Waals surface area (Å²) >= 11 is 0. The van der Waals surface area contributed by atoms with E-state index in [1.807, 2.05) is 84.9 Å². The zero-order chi connectivity index (χ0) is 33.0. The molecule has 0 amide bonds. The van der Waals surface area contributed by atoms with E-state index in [4.69, 9.17) is 18.9 Å². The number of phenols is 2. The normalized spacial score (nSPS) is 13.9. The van der Waals surface area contributed by atoms with Crippen molar-refractivity contribution < 1.29 is 34.0 Å². The summed E-state index contributed by atoms with van der Waals surface area (Å²) in [5.74, 6) is 1.60. The Morgan fingerprint density at radius 2 is 1.04 bits per heavy atom. The van der Waals surface area contributed by atoms with Crippen molar-refractivity contribution in [2.24, 2.45) is 0 Å². The topological polar surface area (TPSA) is 94.5 Å². The average molecular weight is 635 g/mol. The van der Waals surface area contributed by atoms with Crippen LogP contribution in [0.4, 0.5) is 0 Å². The molecule has 8 rings (SSSR count). The molecule has 1 spiro atoms. The smallest absolute Gasteiger partial charge is 0.340 e. The van der Waals surface area contributed by atoms with E-state index >= 15 is 0 Å². The van der Waals surface area contributed by atoms with Gasteiger partial charge in [0, 0.05) is 28.8 Å². The first kappa shape index (κ1) is 29.2. The van der Waals surface area contributed by atoms with Gasteiger partial charge in [0.1, 0.15) is 34.5 Å². The van der Waals surface area contributed by atoms with Crippen LogP contribution in [0.1, 0.15) is 49.3 Å². The second-order valence-corrected chi connectivity index (χ2v) is 11.9. The highest BCUT2D eigenvalue weighted by molar-refractivity contribution is 5.97. The Balaban J connectivity index is 1.42. The highest BCUT2D eigenvalue weighted by Gasteiger charge is 2.54. The number of esters is 1. The van der Waals surface area contributed by atoms with Gasteiger partial charge in [-0.1, -0.05) is 66.7 Å². The van der Waals surface area contributed by atoms with Crippen molar-refractivity contribution in [3.05, 3.63) is 178 Å². The molecule has 2 aliphatic rings.